The van der Waals surface area contributed by atoms with Crippen LogP contribution in [0.3, 0.4) is 0 Å². The molecule has 0 spiro atoms. The van der Waals surface area contributed by atoms with Crippen LogP contribution in [0.5, 0.6) is 0 Å². The number of rotatable bonds is 5. The number of hydrogen-bond acceptors (Lipinski definition) is 3. The molecule has 0 heterocycles. The zero-order valence-corrected chi connectivity index (χ0v) is 9.57. The minimum atomic E-state index is -3.30. The van der Waals surface area contributed by atoms with Gasteiger partial charge in [0.25, 0.3) is 5.92 Å². The van der Waals surface area contributed by atoms with E-state index in [1.807, 2.05) is 5.32 Å². The van der Waals surface area contributed by atoms with Crippen LogP contribution in [0.1, 0.15) is 5.56 Å². The molecule has 0 unspecified atom stereocenters. The Kier molecular flexibility index (Phi) is 4.79. The standard InChI is InChI=1S/C12H14F2N2O2/c13-12(14,8-17)7-16-11(18)5-4-9-2-1-3-10(15)6-9/h1-6,17H,7-8,15H2,(H,16,18)/b5-4+. The number of alkyl halides is 2. The number of anilines is 1. The number of nitrogens with one attached hydrogen (secondary N) is 1. The fourth-order valence-corrected chi connectivity index (χ4v) is 1.17. The quantitative estimate of drug-likeness (QED) is 0.544. The van der Waals surface area contributed by atoms with E-state index in [-0.39, 0.29) is 0 Å². The Bertz CT molecular complexity index is 447. The lowest BCUT2D eigenvalue weighted by atomic mass is 10.2. The molecule has 0 atom stereocenters. The van der Waals surface area contributed by atoms with Crippen molar-refractivity contribution in [1.29, 1.82) is 0 Å². The highest BCUT2D eigenvalue weighted by Crippen LogP contribution is 2.10. The van der Waals surface area contributed by atoms with Crippen LogP contribution in [0.25, 0.3) is 6.08 Å². The van der Waals surface area contributed by atoms with E-state index in [1.165, 1.54) is 6.08 Å². The Balaban J connectivity index is 2.50. The monoisotopic (exact) mass is 256 g/mol. The molecule has 0 bridgehead atoms. The average Bonchev–Trinajstić information content (AvgIpc) is 2.34. The molecule has 0 saturated carbocycles. The summed E-state index contributed by atoms with van der Waals surface area (Å²) >= 11 is 0. The van der Waals surface area contributed by atoms with Gasteiger partial charge in [0.2, 0.25) is 5.91 Å². The number of aliphatic hydroxyl groups is 1. The number of carbonyl (C=O) groups excluding carboxylic acids is 1. The highest BCUT2D eigenvalue weighted by atomic mass is 19.3. The van der Waals surface area contributed by atoms with E-state index >= 15 is 0 Å². The van der Waals surface area contributed by atoms with Gasteiger partial charge >= 0.3 is 0 Å². The minimum absolute atomic E-state index is 0.546. The van der Waals surface area contributed by atoms with Gasteiger partial charge in [-0.15, -0.1) is 0 Å². The van der Waals surface area contributed by atoms with Gasteiger partial charge in [-0.25, -0.2) is 8.78 Å². The molecule has 98 valence electrons. The largest absolute Gasteiger partial charge is 0.399 e. The van der Waals surface area contributed by atoms with Gasteiger partial charge in [0.15, 0.2) is 0 Å². The molecule has 0 fully saturated rings. The highest BCUT2D eigenvalue weighted by molar-refractivity contribution is 5.91. The maximum Gasteiger partial charge on any atom is 0.287 e. The van der Waals surface area contributed by atoms with Crippen molar-refractivity contribution in [2.45, 2.75) is 5.92 Å². The van der Waals surface area contributed by atoms with E-state index in [2.05, 4.69) is 0 Å². The van der Waals surface area contributed by atoms with Crippen LogP contribution in [0.2, 0.25) is 0 Å². The number of amides is 1. The second-order valence-electron chi connectivity index (χ2n) is 3.74. The third-order valence-electron chi connectivity index (χ3n) is 2.09. The van der Waals surface area contributed by atoms with Crippen molar-refractivity contribution in [3.8, 4) is 0 Å². The Morgan fingerprint density at radius 2 is 2.22 bits per heavy atom. The van der Waals surface area contributed by atoms with Crippen LogP contribution in [0.4, 0.5) is 14.5 Å². The van der Waals surface area contributed by atoms with E-state index in [4.69, 9.17) is 10.8 Å². The van der Waals surface area contributed by atoms with E-state index < -0.39 is 25.0 Å². The Hall–Kier alpha value is -1.95. The fourth-order valence-electron chi connectivity index (χ4n) is 1.17. The molecule has 4 N–H and O–H groups in total. The molecule has 1 rings (SSSR count). The molecule has 6 heteroatoms. The predicted molar refractivity (Wildman–Crippen MR) is 64.9 cm³/mol. The molecule has 0 radical (unpaired) electrons. The molecule has 4 nitrogen and oxygen atoms in total. The van der Waals surface area contributed by atoms with E-state index in [9.17, 15) is 13.6 Å². The van der Waals surface area contributed by atoms with Gasteiger partial charge in [0.1, 0.15) is 6.61 Å². The molecule has 1 amide bonds. The van der Waals surface area contributed by atoms with Crippen LogP contribution < -0.4 is 11.1 Å². The zero-order valence-electron chi connectivity index (χ0n) is 9.57. The lowest BCUT2D eigenvalue weighted by Crippen LogP contribution is -2.38. The maximum atomic E-state index is 12.6. The maximum absolute atomic E-state index is 12.6. The molecule has 0 saturated heterocycles. The van der Waals surface area contributed by atoms with Crippen molar-refractivity contribution in [2.75, 3.05) is 18.9 Å². The molecular formula is C12H14F2N2O2. The first-order valence-corrected chi connectivity index (χ1v) is 5.23. The fraction of sp³-hybridized carbons (Fsp3) is 0.250. The first-order valence-electron chi connectivity index (χ1n) is 5.23. The van der Waals surface area contributed by atoms with E-state index in [0.29, 0.717) is 11.3 Å². The molecule has 1 aromatic rings. The van der Waals surface area contributed by atoms with Crippen LogP contribution in [0, 0.1) is 0 Å². The molecule has 0 aliphatic carbocycles. The summed E-state index contributed by atoms with van der Waals surface area (Å²) in [5, 5.41) is 10.3. The van der Waals surface area contributed by atoms with Crippen LogP contribution >= 0.6 is 0 Å². The average molecular weight is 256 g/mol. The summed E-state index contributed by atoms with van der Waals surface area (Å²) in [5.41, 5.74) is 6.78. The zero-order chi connectivity index (χ0) is 13.6. The van der Waals surface area contributed by atoms with Crippen molar-refractivity contribution in [2.24, 2.45) is 0 Å². The summed E-state index contributed by atoms with van der Waals surface area (Å²) in [7, 11) is 0. The molecule has 0 aliphatic heterocycles. The normalized spacial score (nSPS) is 11.7. The van der Waals surface area contributed by atoms with Crippen LogP contribution in [0.15, 0.2) is 30.3 Å². The van der Waals surface area contributed by atoms with E-state index in [0.717, 1.165) is 6.08 Å². The van der Waals surface area contributed by atoms with Crippen molar-refractivity contribution < 1.29 is 18.7 Å². The van der Waals surface area contributed by atoms with E-state index in [1.54, 1.807) is 24.3 Å². The summed E-state index contributed by atoms with van der Waals surface area (Å²) in [6, 6.07) is 6.78. The third-order valence-corrected chi connectivity index (χ3v) is 2.09. The lowest BCUT2D eigenvalue weighted by molar-refractivity contribution is -0.119. The van der Waals surface area contributed by atoms with Crippen molar-refractivity contribution in [1.82, 2.24) is 5.32 Å². The summed E-state index contributed by atoms with van der Waals surface area (Å²) in [6.45, 7) is -2.20. The predicted octanol–water partition coefficient (Wildman–Crippen LogP) is 1.03. The van der Waals surface area contributed by atoms with Crippen molar-refractivity contribution in [3.05, 3.63) is 35.9 Å². The number of carbonyl (C=O) groups is 1. The third kappa shape index (κ3) is 4.92. The number of nitrogen functional groups attached to an aromatic ring is 1. The molecular weight excluding hydrogens is 242 g/mol. The van der Waals surface area contributed by atoms with Crippen molar-refractivity contribution >= 4 is 17.7 Å². The number of hydrogen-bond donors (Lipinski definition) is 3. The van der Waals surface area contributed by atoms with Crippen LogP contribution in [-0.2, 0) is 4.79 Å². The first kappa shape index (κ1) is 14.1. The molecule has 18 heavy (non-hydrogen) atoms. The number of halogens is 2. The topological polar surface area (TPSA) is 75.4 Å². The summed E-state index contributed by atoms with van der Waals surface area (Å²) in [6.07, 6.45) is 2.59. The number of nitrogens with two attached hydrogens (primary N) is 1. The highest BCUT2D eigenvalue weighted by Gasteiger charge is 2.27. The van der Waals surface area contributed by atoms with Gasteiger partial charge in [0.05, 0.1) is 6.54 Å². The van der Waals surface area contributed by atoms with Gasteiger partial charge < -0.3 is 16.2 Å². The number of benzene rings is 1. The molecule has 0 aromatic heterocycles. The van der Waals surface area contributed by atoms with Gasteiger partial charge in [-0.3, -0.25) is 4.79 Å². The first-order chi connectivity index (χ1) is 8.43. The second-order valence-corrected chi connectivity index (χ2v) is 3.74. The molecule has 1 aromatic carbocycles. The SMILES string of the molecule is Nc1cccc(/C=C/C(=O)NCC(F)(F)CO)c1. The van der Waals surface area contributed by atoms with Gasteiger partial charge in [-0.1, -0.05) is 12.1 Å². The van der Waals surface area contributed by atoms with Gasteiger partial charge in [-0.05, 0) is 23.8 Å². The second kappa shape index (κ2) is 6.11. The summed E-state index contributed by atoms with van der Waals surface area (Å²) < 4.78 is 25.2. The smallest absolute Gasteiger partial charge is 0.287 e. The lowest BCUT2D eigenvalue weighted by Gasteiger charge is -2.12. The molecule has 0 aliphatic rings. The van der Waals surface area contributed by atoms with Gasteiger partial charge in [0, 0.05) is 11.8 Å². The summed E-state index contributed by atoms with van der Waals surface area (Å²) in [4.78, 5) is 11.2. The number of aliphatic hydroxyl groups excluding tert-OH is 1. The Labute approximate surface area is 103 Å². The Morgan fingerprint density at radius 3 is 2.83 bits per heavy atom. The van der Waals surface area contributed by atoms with Gasteiger partial charge in [-0.2, -0.15) is 0 Å². The summed E-state index contributed by atoms with van der Waals surface area (Å²) in [5.74, 6) is -3.97. The minimum Gasteiger partial charge on any atom is -0.399 e. The Morgan fingerprint density at radius 1 is 1.50 bits per heavy atom. The van der Waals surface area contributed by atoms with Crippen LogP contribution in [-0.4, -0.2) is 30.1 Å². The van der Waals surface area contributed by atoms with Crippen molar-refractivity contribution in [3.63, 3.8) is 0 Å².